The lowest BCUT2D eigenvalue weighted by molar-refractivity contribution is -0.138. The Labute approximate surface area is 112 Å². The molecule has 0 aliphatic heterocycles. The summed E-state index contributed by atoms with van der Waals surface area (Å²) in [6, 6.07) is 7.20. The summed E-state index contributed by atoms with van der Waals surface area (Å²) in [4.78, 5) is 22.9. The zero-order chi connectivity index (χ0) is 14.5. The molecule has 4 N–H and O–H groups in total. The number of amides is 1. The third-order valence-corrected chi connectivity index (χ3v) is 2.72. The maximum atomic E-state index is 12.2. The molecule has 19 heavy (non-hydrogen) atoms. The van der Waals surface area contributed by atoms with Gasteiger partial charge in [0.1, 0.15) is 0 Å². The molecule has 0 heterocycles. The number of nitrogens with one attached hydrogen (secondary N) is 1. The zero-order valence-corrected chi connectivity index (χ0v) is 11.3. The SMILES string of the molecule is CC(C)(CC(=O)O)NC(=O)c1ccccc1CCN. The molecular weight excluding hydrogens is 244 g/mol. The van der Waals surface area contributed by atoms with Gasteiger partial charge in [-0.1, -0.05) is 18.2 Å². The number of aliphatic carboxylic acids is 1. The molecule has 5 nitrogen and oxygen atoms in total. The van der Waals surface area contributed by atoms with Crippen LogP contribution in [0.25, 0.3) is 0 Å². The Hall–Kier alpha value is -1.88. The average molecular weight is 264 g/mol. The summed E-state index contributed by atoms with van der Waals surface area (Å²) in [7, 11) is 0. The van der Waals surface area contributed by atoms with E-state index in [1.807, 2.05) is 12.1 Å². The van der Waals surface area contributed by atoms with Crippen molar-refractivity contribution < 1.29 is 14.7 Å². The monoisotopic (exact) mass is 264 g/mol. The zero-order valence-electron chi connectivity index (χ0n) is 11.3. The molecule has 0 saturated carbocycles. The molecule has 0 spiro atoms. The van der Waals surface area contributed by atoms with Gasteiger partial charge in [0.25, 0.3) is 5.91 Å². The number of benzene rings is 1. The van der Waals surface area contributed by atoms with Crippen molar-refractivity contribution in [2.45, 2.75) is 32.2 Å². The van der Waals surface area contributed by atoms with E-state index in [0.29, 0.717) is 18.5 Å². The summed E-state index contributed by atoms with van der Waals surface area (Å²) >= 11 is 0. The van der Waals surface area contributed by atoms with Crippen LogP contribution in [0.3, 0.4) is 0 Å². The van der Waals surface area contributed by atoms with E-state index in [1.165, 1.54) is 0 Å². The predicted molar refractivity (Wildman–Crippen MR) is 73.0 cm³/mol. The third-order valence-electron chi connectivity index (χ3n) is 2.72. The minimum Gasteiger partial charge on any atom is -0.481 e. The molecule has 1 aromatic carbocycles. The minimum atomic E-state index is -0.944. The maximum Gasteiger partial charge on any atom is 0.305 e. The molecule has 0 aromatic heterocycles. The van der Waals surface area contributed by atoms with Crippen LogP contribution >= 0.6 is 0 Å². The molecule has 0 bridgehead atoms. The van der Waals surface area contributed by atoms with E-state index in [1.54, 1.807) is 26.0 Å². The van der Waals surface area contributed by atoms with Crippen LogP contribution in [0.1, 0.15) is 36.2 Å². The molecule has 0 fully saturated rings. The molecule has 0 unspecified atom stereocenters. The molecular formula is C14H20N2O3. The van der Waals surface area contributed by atoms with Crippen LogP contribution in [0, 0.1) is 0 Å². The molecule has 1 amide bonds. The summed E-state index contributed by atoms with van der Waals surface area (Å²) in [6.07, 6.45) is 0.487. The van der Waals surface area contributed by atoms with Gasteiger partial charge in [-0.25, -0.2) is 0 Å². The van der Waals surface area contributed by atoms with Crippen molar-refractivity contribution in [2.75, 3.05) is 6.54 Å². The molecule has 0 atom stereocenters. The van der Waals surface area contributed by atoms with E-state index < -0.39 is 11.5 Å². The van der Waals surface area contributed by atoms with Crippen molar-refractivity contribution in [1.29, 1.82) is 0 Å². The second kappa shape index (κ2) is 6.33. The van der Waals surface area contributed by atoms with Gasteiger partial charge in [0.15, 0.2) is 0 Å². The van der Waals surface area contributed by atoms with Crippen molar-refractivity contribution in [2.24, 2.45) is 5.73 Å². The van der Waals surface area contributed by atoms with Crippen molar-refractivity contribution in [3.05, 3.63) is 35.4 Å². The summed E-state index contributed by atoms with van der Waals surface area (Å²) in [5.41, 5.74) is 6.14. The Morgan fingerprint density at radius 3 is 2.53 bits per heavy atom. The molecule has 5 heteroatoms. The number of carboxylic acid groups (broad SMARTS) is 1. The van der Waals surface area contributed by atoms with Crippen molar-refractivity contribution in [1.82, 2.24) is 5.32 Å². The van der Waals surface area contributed by atoms with Gasteiger partial charge >= 0.3 is 5.97 Å². The van der Waals surface area contributed by atoms with Gasteiger partial charge in [0.05, 0.1) is 6.42 Å². The van der Waals surface area contributed by atoms with E-state index in [4.69, 9.17) is 10.8 Å². The molecule has 1 rings (SSSR count). The fraction of sp³-hybridized carbons (Fsp3) is 0.429. The van der Waals surface area contributed by atoms with Gasteiger partial charge in [0, 0.05) is 11.1 Å². The first-order valence-corrected chi connectivity index (χ1v) is 6.18. The second-order valence-corrected chi connectivity index (χ2v) is 5.10. The first kappa shape index (κ1) is 15.2. The van der Waals surface area contributed by atoms with E-state index in [2.05, 4.69) is 5.32 Å². The molecule has 0 saturated heterocycles. The largest absolute Gasteiger partial charge is 0.481 e. The number of carbonyl (C=O) groups excluding carboxylic acids is 1. The Morgan fingerprint density at radius 2 is 1.95 bits per heavy atom. The lowest BCUT2D eigenvalue weighted by atomic mass is 9.98. The van der Waals surface area contributed by atoms with Gasteiger partial charge in [-0.15, -0.1) is 0 Å². The second-order valence-electron chi connectivity index (χ2n) is 5.10. The van der Waals surface area contributed by atoms with Crippen molar-refractivity contribution >= 4 is 11.9 Å². The number of nitrogens with two attached hydrogens (primary N) is 1. The fourth-order valence-electron chi connectivity index (χ4n) is 1.91. The highest BCUT2D eigenvalue weighted by molar-refractivity contribution is 5.96. The fourth-order valence-corrected chi connectivity index (χ4v) is 1.91. The van der Waals surface area contributed by atoms with Gasteiger partial charge in [0.2, 0.25) is 0 Å². The van der Waals surface area contributed by atoms with Gasteiger partial charge in [-0.3, -0.25) is 9.59 Å². The third kappa shape index (κ3) is 4.71. The van der Waals surface area contributed by atoms with Crippen LogP contribution in [0.4, 0.5) is 0 Å². The lowest BCUT2D eigenvalue weighted by Crippen LogP contribution is -2.45. The first-order chi connectivity index (χ1) is 8.85. The summed E-state index contributed by atoms with van der Waals surface area (Å²) in [5.74, 6) is -1.21. The smallest absolute Gasteiger partial charge is 0.305 e. The van der Waals surface area contributed by atoms with Crippen LogP contribution in [-0.2, 0) is 11.2 Å². The van der Waals surface area contributed by atoms with Crippen molar-refractivity contribution in [3.8, 4) is 0 Å². The normalized spacial score (nSPS) is 11.1. The number of carboxylic acids is 1. The van der Waals surface area contributed by atoms with E-state index in [9.17, 15) is 9.59 Å². The number of hydrogen-bond donors (Lipinski definition) is 3. The average Bonchev–Trinajstić information content (AvgIpc) is 2.27. The highest BCUT2D eigenvalue weighted by Gasteiger charge is 2.25. The topological polar surface area (TPSA) is 92.4 Å². The van der Waals surface area contributed by atoms with Gasteiger partial charge < -0.3 is 16.2 Å². The standard InChI is InChI=1S/C14H20N2O3/c1-14(2,9-12(17)18)16-13(19)11-6-4-3-5-10(11)7-8-15/h3-6H,7-9,15H2,1-2H3,(H,16,19)(H,17,18). The quantitative estimate of drug-likeness (QED) is 0.719. The number of carbonyl (C=O) groups is 2. The predicted octanol–water partition coefficient (Wildman–Crippen LogP) is 1.17. The Kier molecular flexibility index (Phi) is 5.06. The molecule has 104 valence electrons. The van der Waals surface area contributed by atoms with Crippen LogP contribution in [0.2, 0.25) is 0 Å². The molecule has 1 aromatic rings. The van der Waals surface area contributed by atoms with Crippen LogP contribution < -0.4 is 11.1 Å². The minimum absolute atomic E-state index is 0.127. The Bertz CT molecular complexity index is 470. The van der Waals surface area contributed by atoms with E-state index in [0.717, 1.165) is 5.56 Å². The molecule has 0 aliphatic rings. The van der Waals surface area contributed by atoms with E-state index >= 15 is 0 Å². The first-order valence-electron chi connectivity index (χ1n) is 6.18. The summed E-state index contributed by atoms with van der Waals surface area (Å²) < 4.78 is 0. The summed E-state index contributed by atoms with van der Waals surface area (Å²) in [6.45, 7) is 3.83. The van der Waals surface area contributed by atoms with Crippen molar-refractivity contribution in [3.63, 3.8) is 0 Å². The maximum absolute atomic E-state index is 12.2. The van der Waals surface area contributed by atoms with Gasteiger partial charge in [-0.05, 0) is 38.4 Å². The summed E-state index contributed by atoms with van der Waals surface area (Å²) in [5, 5.41) is 11.5. The van der Waals surface area contributed by atoms with Crippen LogP contribution in [0.15, 0.2) is 24.3 Å². The highest BCUT2D eigenvalue weighted by Crippen LogP contribution is 2.13. The van der Waals surface area contributed by atoms with E-state index in [-0.39, 0.29) is 12.3 Å². The van der Waals surface area contributed by atoms with Gasteiger partial charge in [-0.2, -0.15) is 0 Å². The molecule has 0 aliphatic carbocycles. The van der Waals surface area contributed by atoms with Crippen LogP contribution in [0.5, 0.6) is 0 Å². The number of rotatable bonds is 6. The Balaban J connectivity index is 2.86. The lowest BCUT2D eigenvalue weighted by Gasteiger charge is -2.24. The highest BCUT2D eigenvalue weighted by atomic mass is 16.4. The van der Waals surface area contributed by atoms with Crippen LogP contribution in [-0.4, -0.2) is 29.1 Å². The number of hydrogen-bond acceptors (Lipinski definition) is 3. The molecule has 0 radical (unpaired) electrons. The Morgan fingerprint density at radius 1 is 1.32 bits per heavy atom.